The first-order valence-electron chi connectivity index (χ1n) is 14.1. The summed E-state index contributed by atoms with van der Waals surface area (Å²) < 4.78 is 41.2. The van der Waals surface area contributed by atoms with Crippen LogP contribution in [0.25, 0.3) is 0 Å². The van der Waals surface area contributed by atoms with Crippen LogP contribution in [-0.2, 0) is 24.1 Å². The van der Waals surface area contributed by atoms with E-state index in [9.17, 15) is 22.8 Å². The first kappa shape index (κ1) is 34.1. The van der Waals surface area contributed by atoms with Crippen molar-refractivity contribution in [1.29, 1.82) is 0 Å². The van der Waals surface area contributed by atoms with Gasteiger partial charge in [-0.05, 0) is 74.9 Å². The minimum atomic E-state index is -4.81. The van der Waals surface area contributed by atoms with Crippen molar-refractivity contribution in [3.05, 3.63) is 93.1 Å². The van der Waals surface area contributed by atoms with Crippen LogP contribution in [0.5, 0.6) is 5.75 Å². The standard InChI is InChI=1S/C31H35F3N6O3S/c1-4-6-7-12-23(21(3)5-2)20-35-29(42)30-40-39-28(44-30)15-9-8-13-24-16-17-26(38-37-24)36-27(41)19-22-11-10-14-25(18-22)43-31(32,33)34/h4,6-7,10-12,14,16-18H,5,8-9,13,15,19-20H2,1-3H3,(H,35,42)(H,36,38,41)/b6-4-,12-7-,23-21-. The summed E-state index contributed by atoms with van der Waals surface area (Å²) in [7, 11) is 0. The molecule has 3 aromatic rings. The van der Waals surface area contributed by atoms with Gasteiger partial charge in [0.15, 0.2) is 5.82 Å². The molecule has 3 rings (SSSR count). The zero-order chi connectivity index (χ0) is 32.0. The predicted octanol–water partition coefficient (Wildman–Crippen LogP) is 6.56. The van der Waals surface area contributed by atoms with Crippen molar-refractivity contribution in [2.75, 3.05) is 11.9 Å². The Morgan fingerprint density at radius 2 is 1.82 bits per heavy atom. The second-order valence-electron chi connectivity index (χ2n) is 9.76. The van der Waals surface area contributed by atoms with Crippen LogP contribution in [0.3, 0.4) is 0 Å². The molecular weight excluding hydrogens is 593 g/mol. The van der Waals surface area contributed by atoms with Gasteiger partial charge in [-0.2, -0.15) is 5.10 Å². The van der Waals surface area contributed by atoms with Crippen molar-refractivity contribution >= 4 is 29.0 Å². The van der Waals surface area contributed by atoms with Gasteiger partial charge in [0.2, 0.25) is 10.9 Å². The number of hydrogen-bond donors (Lipinski definition) is 2. The number of aryl methyl sites for hydroxylation is 2. The van der Waals surface area contributed by atoms with E-state index in [2.05, 4.69) is 49.6 Å². The first-order chi connectivity index (χ1) is 21.1. The highest BCUT2D eigenvalue weighted by atomic mass is 32.1. The van der Waals surface area contributed by atoms with Gasteiger partial charge in [-0.1, -0.05) is 60.3 Å². The minimum Gasteiger partial charge on any atom is -0.406 e. The third-order valence-corrected chi connectivity index (χ3v) is 7.32. The van der Waals surface area contributed by atoms with E-state index in [0.29, 0.717) is 30.0 Å². The van der Waals surface area contributed by atoms with Crippen LogP contribution in [0.4, 0.5) is 19.0 Å². The summed E-state index contributed by atoms with van der Waals surface area (Å²) in [5.74, 6) is -0.851. The zero-order valence-corrected chi connectivity index (χ0v) is 25.6. The number of aromatic nitrogens is 4. The van der Waals surface area contributed by atoms with Gasteiger partial charge in [-0.25, -0.2) is 0 Å². The molecule has 2 heterocycles. The predicted molar refractivity (Wildman–Crippen MR) is 163 cm³/mol. The smallest absolute Gasteiger partial charge is 0.406 e. The average molecular weight is 629 g/mol. The molecule has 13 heteroatoms. The molecule has 9 nitrogen and oxygen atoms in total. The van der Waals surface area contributed by atoms with E-state index in [4.69, 9.17) is 0 Å². The summed E-state index contributed by atoms with van der Waals surface area (Å²) in [6.45, 7) is 6.49. The molecule has 0 radical (unpaired) electrons. The number of benzene rings is 1. The number of hydrogen-bond acceptors (Lipinski definition) is 8. The summed E-state index contributed by atoms with van der Waals surface area (Å²) in [6.07, 6.45) is 6.73. The van der Waals surface area contributed by atoms with Crippen LogP contribution >= 0.6 is 11.3 Å². The molecule has 0 atom stereocenters. The number of halogens is 3. The molecule has 0 bridgehead atoms. The molecule has 0 aliphatic carbocycles. The van der Waals surface area contributed by atoms with E-state index in [1.54, 1.807) is 12.1 Å². The lowest BCUT2D eigenvalue weighted by Crippen LogP contribution is -2.25. The van der Waals surface area contributed by atoms with Crippen LogP contribution in [0, 0.1) is 0 Å². The summed E-state index contributed by atoms with van der Waals surface area (Å²) in [5.41, 5.74) is 3.37. The molecule has 2 aromatic heterocycles. The molecule has 2 amide bonds. The molecular formula is C31H35F3N6O3S. The number of rotatable bonds is 15. The third kappa shape index (κ3) is 12.1. The van der Waals surface area contributed by atoms with Gasteiger partial charge in [-0.15, -0.1) is 28.5 Å². The van der Waals surface area contributed by atoms with Crippen LogP contribution in [0.1, 0.15) is 66.1 Å². The van der Waals surface area contributed by atoms with Crippen LogP contribution in [0.2, 0.25) is 0 Å². The Hall–Kier alpha value is -4.39. The lowest BCUT2D eigenvalue weighted by Gasteiger charge is -2.10. The summed E-state index contributed by atoms with van der Waals surface area (Å²) in [5, 5.41) is 23.0. The lowest BCUT2D eigenvalue weighted by molar-refractivity contribution is -0.274. The molecule has 0 unspecified atom stereocenters. The highest BCUT2D eigenvalue weighted by Gasteiger charge is 2.31. The molecule has 234 valence electrons. The normalized spacial score (nSPS) is 12.4. The number of unbranched alkanes of at least 4 members (excludes halogenated alkanes) is 1. The van der Waals surface area contributed by atoms with E-state index >= 15 is 0 Å². The second-order valence-corrected chi connectivity index (χ2v) is 10.8. The molecule has 2 N–H and O–H groups in total. The second kappa shape index (κ2) is 17.0. The van der Waals surface area contributed by atoms with Gasteiger partial charge in [0.05, 0.1) is 12.1 Å². The fourth-order valence-corrected chi connectivity index (χ4v) is 4.72. The maximum absolute atomic E-state index is 12.6. The van der Waals surface area contributed by atoms with Crippen molar-refractivity contribution in [2.45, 2.75) is 65.7 Å². The number of anilines is 1. The Morgan fingerprint density at radius 1 is 1.02 bits per heavy atom. The number of nitrogens with one attached hydrogen (secondary N) is 2. The van der Waals surface area contributed by atoms with E-state index < -0.39 is 18.0 Å². The number of nitrogens with zero attached hydrogens (tertiary/aromatic N) is 4. The topological polar surface area (TPSA) is 119 Å². The highest BCUT2D eigenvalue weighted by molar-refractivity contribution is 7.13. The van der Waals surface area contributed by atoms with Gasteiger partial charge in [0, 0.05) is 13.0 Å². The molecule has 0 saturated heterocycles. The van der Waals surface area contributed by atoms with Crippen molar-refractivity contribution in [3.8, 4) is 5.75 Å². The van der Waals surface area contributed by atoms with Gasteiger partial charge < -0.3 is 15.4 Å². The van der Waals surface area contributed by atoms with E-state index in [0.717, 1.165) is 41.6 Å². The number of ether oxygens (including phenoxy) is 1. The summed E-state index contributed by atoms with van der Waals surface area (Å²) in [6, 6.07) is 8.62. The number of carbonyl (C=O) groups excluding carboxylic acids is 2. The fourth-order valence-electron chi connectivity index (χ4n) is 3.93. The Kier molecular flexibility index (Phi) is 13.2. The fraction of sp³-hybridized carbons (Fsp3) is 0.355. The van der Waals surface area contributed by atoms with Gasteiger partial charge >= 0.3 is 6.36 Å². The Labute approximate surface area is 258 Å². The number of carbonyl (C=O) groups is 2. The Bertz CT molecular complexity index is 1480. The van der Waals surface area contributed by atoms with Crippen LogP contribution in [0.15, 0.2) is 71.8 Å². The van der Waals surface area contributed by atoms with Crippen LogP contribution < -0.4 is 15.4 Å². The SMILES string of the molecule is C\C=C/C=C\C(CNC(=O)c1nnc(CCCCc2ccc(NC(=O)Cc3cccc(OC(F)(F)F)c3)nn2)s1)=C(/C)CC. The van der Waals surface area contributed by atoms with Gasteiger partial charge in [-0.3, -0.25) is 9.59 Å². The van der Waals surface area contributed by atoms with Gasteiger partial charge in [0.1, 0.15) is 10.8 Å². The largest absolute Gasteiger partial charge is 0.573 e. The summed E-state index contributed by atoms with van der Waals surface area (Å²) >= 11 is 1.28. The molecule has 0 fully saturated rings. The van der Waals surface area contributed by atoms with Gasteiger partial charge in [0.25, 0.3) is 5.91 Å². The summed E-state index contributed by atoms with van der Waals surface area (Å²) in [4.78, 5) is 24.9. The monoisotopic (exact) mass is 628 g/mol. The van der Waals surface area contributed by atoms with Crippen LogP contribution in [-0.4, -0.2) is 45.1 Å². The van der Waals surface area contributed by atoms with E-state index in [-0.39, 0.29) is 18.1 Å². The number of amides is 2. The molecule has 0 aliphatic rings. The quantitative estimate of drug-likeness (QED) is 0.145. The molecule has 0 saturated carbocycles. The first-order valence-corrected chi connectivity index (χ1v) is 14.9. The lowest BCUT2D eigenvalue weighted by atomic mass is 10.1. The molecule has 0 aliphatic heterocycles. The van der Waals surface area contributed by atoms with Crippen molar-refractivity contribution in [1.82, 2.24) is 25.7 Å². The maximum Gasteiger partial charge on any atom is 0.573 e. The minimum absolute atomic E-state index is 0.154. The average Bonchev–Trinajstić information content (AvgIpc) is 3.46. The van der Waals surface area contributed by atoms with E-state index in [1.165, 1.54) is 35.1 Å². The number of alkyl halides is 3. The molecule has 0 spiro atoms. The number of allylic oxidation sites excluding steroid dienone is 4. The third-order valence-electron chi connectivity index (χ3n) is 6.34. The maximum atomic E-state index is 12.6. The Morgan fingerprint density at radius 3 is 2.52 bits per heavy atom. The van der Waals surface area contributed by atoms with Crippen molar-refractivity contribution in [3.63, 3.8) is 0 Å². The van der Waals surface area contributed by atoms with Crippen molar-refractivity contribution < 1.29 is 27.5 Å². The molecule has 1 aromatic carbocycles. The van der Waals surface area contributed by atoms with Crippen molar-refractivity contribution in [2.24, 2.45) is 0 Å². The Balaban J connectivity index is 1.40. The molecule has 44 heavy (non-hydrogen) atoms. The van der Waals surface area contributed by atoms with E-state index in [1.807, 2.05) is 31.2 Å². The highest BCUT2D eigenvalue weighted by Crippen LogP contribution is 2.23. The zero-order valence-electron chi connectivity index (χ0n) is 24.8.